The molecule has 2 heterocycles. The standard InChI is InChI=1S/C16H14F6N4O2/c17-15(18,19)12-7-13(16(20,21)22)26(25-12)11-3-1-9(2-4-11)23-14(27)24-10-5-6-28-8-10/h1-4,7,10H,5-6,8H2,(H2,23,24,27)/t10-/m1/s1. The van der Waals surface area contributed by atoms with Crippen molar-refractivity contribution in [1.29, 1.82) is 0 Å². The monoisotopic (exact) mass is 408 g/mol. The average molecular weight is 408 g/mol. The predicted octanol–water partition coefficient (Wildman–Crippen LogP) is 3.82. The van der Waals surface area contributed by atoms with Gasteiger partial charge in [-0.2, -0.15) is 31.4 Å². The van der Waals surface area contributed by atoms with Crippen LogP contribution in [-0.2, 0) is 17.1 Å². The van der Waals surface area contributed by atoms with E-state index in [2.05, 4.69) is 15.7 Å². The Bertz CT molecular complexity index is 838. The molecule has 12 heteroatoms. The Hall–Kier alpha value is -2.76. The minimum Gasteiger partial charge on any atom is -0.379 e. The summed E-state index contributed by atoms with van der Waals surface area (Å²) in [4.78, 5) is 11.9. The number of amides is 2. The molecule has 2 amide bonds. The highest BCUT2D eigenvalue weighted by atomic mass is 19.4. The fraction of sp³-hybridized carbons (Fsp3) is 0.375. The van der Waals surface area contributed by atoms with Crippen molar-refractivity contribution in [1.82, 2.24) is 15.1 Å². The molecule has 0 radical (unpaired) electrons. The quantitative estimate of drug-likeness (QED) is 0.759. The highest BCUT2D eigenvalue weighted by molar-refractivity contribution is 5.89. The lowest BCUT2D eigenvalue weighted by atomic mass is 10.2. The number of nitrogens with zero attached hydrogens (tertiary/aromatic N) is 2. The maximum atomic E-state index is 13.1. The number of hydrogen-bond acceptors (Lipinski definition) is 3. The van der Waals surface area contributed by atoms with E-state index in [1.165, 1.54) is 12.1 Å². The molecule has 3 rings (SSSR count). The third-order valence-corrected chi connectivity index (χ3v) is 3.92. The summed E-state index contributed by atoms with van der Waals surface area (Å²) in [5, 5.41) is 8.18. The van der Waals surface area contributed by atoms with Crippen LogP contribution in [0.5, 0.6) is 0 Å². The average Bonchev–Trinajstić information content (AvgIpc) is 3.23. The molecule has 6 nitrogen and oxygen atoms in total. The molecular weight excluding hydrogens is 394 g/mol. The van der Waals surface area contributed by atoms with E-state index in [9.17, 15) is 31.1 Å². The third kappa shape index (κ3) is 4.55. The number of anilines is 1. The molecule has 0 unspecified atom stereocenters. The zero-order valence-electron chi connectivity index (χ0n) is 14.1. The third-order valence-electron chi connectivity index (χ3n) is 3.92. The van der Waals surface area contributed by atoms with E-state index in [4.69, 9.17) is 4.74 Å². The first kappa shape index (κ1) is 20.0. The minimum absolute atomic E-state index is 0.0523. The summed E-state index contributed by atoms with van der Waals surface area (Å²) in [5.74, 6) is 0. The summed E-state index contributed by atoms with van der Waals surface area (Å²) in [5.41, 5.74) is -3.20. The summed E-state index contributed by atoms with van der Waals surface area (Å²) in [6.45, 7) is 0.915. The highest BCUT2D eigenvalue weighted by Crippen LogP contribution is 2.36. The Kier molecular flexibility index (Phi) is 5.24. The number of carbonyl (C=O) groups is 1. The van der Waals surface area contributed by atoms with Gasteiger partial charge in [0.1, 0.15) is 5.69 Å². The molecule has 0 spiro atoms. The molecule has 1 aromatic heterocycles. The van der Waals surface area contributed by atoms with Crippen molar-refractivity contribution in [3.8, 4) is 5.69 Å². The molecule has 1 aromatic carbocycles. The van der Waals surface area contributed by atoms with Gasteiger partial charge in [-0.15, -0.1) is 0 Å². The molecular formula is C16H14F6N4O2. The van der Waals surface area contributed by atoms with Crippen LogP contribution in [0.2, 0.25) is 0 Å². The molecule has 0 bridgehead atoms. The van der Waals surface area contributed by atoms with E-state index in [0.29, 0.717) is 19.6 Å². The van der Waals surface area contributed by atoms with Crippen molar-refractivity contribution in [3.05, 3.63) is 41.7 Å². The molecule has 1 saturated heterocycles. The van der Waals surface area contributed by atoms with Gasteiger partial charge < -0.3 is 15.4 Å². The number of rotatable bonds is 3. The van der Waals surface area contributed by atoms with Crippen LogP contribution in [0, 0.1) is 0 Å². The smallest absolute Gasteiger partial charge is 0.379 e. The summed E-state index contributed by atoms with van der Waals surface area (Å²) in [7, 11) is 0. The largest absolute Gasteiger partial charge is 0.435 e. The number of alkyl halides is 6. The van der Waals surface area contributed by atoms with Crippen molar-refractivity contribution in [2.45, 2.75) is 24.8 Å². The van der Waals surface area contributed by atoms with E-state index < -0.39 is 29.8 Å². The topological polar surface area (TPSA) is 68.2 Å². The van der Waals surface area contributed by atoms with E-state index in [-0.39, 0.29) is 28.2 Å². The lowest BCUT2D eigenvalue weighted by Gasteiger charge is -2.13. The Morgan fingerprint density at radius 3 is 2.32 bits per heavy atom. The maximum Gasteiger partial charge on any atom is 0.435 e. The molecule has 1 aliphatic rings. The Balaban J connectivity index is 1.79. The predicted molar refractivity (Wildman–Crippen MR) is 84.9 cm³/mol. The molecule has 2 N–H and O–H groups in total. The number of urea groups is 1. The van der Waals surface area contributed by atoms with Crippen LogP contribution in [0.15, 0.2) is 30.3 Å². The van der Waals surface area contributed by atoms with E-state index in [1.54, 1.807) is 0 Å². The molecule has 0 saturated carbocycles. The SMILES string of the molecule is O=C(Nc1ccc(-n2nc(C(F)(F)F)cc2C(F)(F)F)cc1)N[C@@H]1CCOC1. The minimum atomic E-state index is -5.03. The summed E-state index contributed by atoms with van der Waals surface area (Å²) < 4.78 is 82.8. The zero-order valence-corrected chi connectivity index (χ0v) is 14.1. The van der Waals surface area contributed by atoms with Crippen molar-refractivity contribution in [2.75, 3.05) is 18.5 Å². The van der Waals surface area contributed by atoms with Crippen LogP contribution in [0.3, 0.4) is 0 Å². The van der Waals surface area contributed by atoms with Crippen molar-refractivity contribution >= 4 is 11.7 Å². The van der Waals surface area contributed by atoms with E-state index >= 15 is 0 Å². The number of carbonyl (C=O) groups excluding carboxylic acids is 1. The fourth-order valence-corrected chi connectivity index (χ4v) is 2.61. The Morgan fingerprint density at radius 1 is 1.11 bits per heavy atom. The van der Waals surface area contributed by atoms with Crippen LogP contribution in [0.1, 0.15) is 17.8 Å². The molecule has 28 heavy (non-hydrogen) atoms. The second-order valence-corrected chi connectivity index (χ2v) is 6.03. The van der Waals surface area contributed by atoms with Crippen molar-refractivity contribution < 1.29 is 35.9 Å². The van der Waals surface area contributed by atoms with Crippen LogP contribution in [-0.4, -0.2) is 35.1 Å². The Labute approximate surface area is 154 Å². The maximum absolute atomic E-state index is 13.1. The van der Waals surface area contributed by atoms with Gasteiger partial charge in [-0.05, 0) is 30.7 Å². The van der Waals surface area contributed by atoms with Gasteiger partial charge in [-0.1, -0.05) is 0 Å². The second kappa shape index (κ2) is 7.34. The lowest BCUT2D eigenvalue weighted by molar-refractivity contribution is -0.143. The van der Waals surface area contributed by atoms with Gasteiger partial charge in [-0.3, -0.25) is 0 Å². The molecule has 0 aliphatic carbocycles. The number of ether oxygens (including phenoxy) is 1. The van der Waals surface area contributed by atoms with Crippen LogP contribution in [0.4, 0.5) is 36.8 Å². The Morgan fingerprint density at radius 2 is 1.79 bits per heavy atom. The van der Waals surface area contributed by atoms with Gasteiger partial charge in [0, 0.05) is 18.4 Å². The van der Waals surface area contributed by atoms with Crippen molar-refractivity contribution in [3.63, 3.8) is 0 Å². The van der Waals surface area contributed by atoms with Gasteiger partial charge in [0.2, 0.25) is 0 Å². The molecule has 2 aromatic rings. The molecule has 1 fully saturated rings. The number of benzene rings is 1. The second-order valence-electron chi connectivity index (χ2n) is 6.03. The van der Waals surface area contributed by atoms with Gasteiger partial charge in [-0.25, -0.2) is 9.48 Å². The van der Waals surface area contributed by atoms with Crippen LogP contribution >= 0.6 is 0 Å². The fourth-order valence-electron chi connectivity index (χ4n) is 2.61. The molecule has 152 valence electrons. The summed E-state index contributed by atoms with van der Waals surface area (Å²) >= 11 is 0. The van der Waals surface area contributed by atoms with E-state index in [0.717, 1.165) is 12.1 Å². The summed E-state index contributed by atoms with van der Waals surface area (Å²) in [6, 6.07) is 4.04. The first-order valence-corrected chi connectivity index (χ1v) is 8.04. The number of aromatic nitrogens is 2. The highest BCUT2D eigenvalue weighted by Gasteiger charge is 2.42. The van der Waals surface area contributed by atoms with Crippen LogP contribution in [0.25, 0.3) is 5.69 Å². The normalized spacial score (nSPS) is 17.6. The lowest BCUT2D eigenvalue weighted by Crippen LogP contribution is -2.38. The first-order valence-electron chi connectivity index (χ1n) is 8.04. The van der Waals surface area contributed by atoms with Crippen LogP contribution < -0.4 is 10.6 Å². The van der Waals surface area contributed by atoms with E-state index in [1.807, 2.05) is 0 Å². The first-order chi connectivity index (χ1) is 13.0. The number of halogens is 6. The summed E-state index contributed by atoms with van der Waals surface area (Å²) in [6.07, 6.45) is -9.39. The van der Waals surface area contributed by atoms with Gasteiger partial charge in [0.05, 0.1) is 18.3 Å². The number of nitrogens with one attached hydrogen (secondary N) is 2. The molecule has 1 atom stereocenters. The number of hydrogen-bond donors (Lipinski definition) is 2. The molecule has 1 aliphatic heterocycles. The van der Waals surface area contributed by atoms with Gasteiger partial charge in [0.25, 0.3) is 0 Å². The van der Waals surface area contributed by atoms with Gasteiger partial charge in [0.15, 0.2) is 5.69 Å². The van der Waals surface area contributed by atoms with Gasteiger partial charge >= 0.3 is 18.4 Å². The zero-order chi connectivity index (χ0) is 20.5. The van der Waals surface area contributed by atoms with Crippen molar-refractivity contribution in [2.24, 2.45) is 0 Å².